The van der Waals surface area contributed by atoms with E-state index in [0.717, 1.165) is 12.3 Å². The van der Waals surface area contributed by atoms with E-state index in [9.17, 15) is 0 Å². The largest absolute Gasteiger partial charge is 0.198 e. The summed E-state index contributed by atoms with van der Waals surface area (Å²) in [6, 6.07) is 2.42. The van der Waals surface area contributed by atoms with Gasteiger partial charge in [0, 0.05) is 0 Å². The van der Waals surface area contributed by atoms with Gasteiger partial charge in [-0.25, -0.2) is 0 Å². The quantitative estimate of drug-likeness (QED) is 0.464. The second-order valence-corrected chi connectivity index (χ2v) is 3.72. The molecule has 2 rings (SSSR count). The van der Waals surface area contributed by atoms with Crippen LogP contribution in [0.2, 0.25) is 0 Å². The van der Waals surface area contributed by atoms with Crippen molar-refractivity contribution in [3.05, 3.63) is 12.2 Å². The predicted octanol–water partition coefficient (Wildman–Crippen LogP) is 2.11. The van der Waals surface area contributed by atoms with Crippen molar-refractivity contribution in [3.8, 4) is 6.07 Å². The molecule has 10 heavy (non-hydrogen) atoms. The number of nitriles is 1. The van der Waals surface area contributed by atoms with Crippen LogP contribution in [0.15, 0.2) is 12.2 Å². The van der Waals surface area contributed by atoms with Gasteiger partial charge in [-0.05, 0) is 31.6 Å². The second kappa shape index (κ2) is 1.63. The summed E-state index contributed by atoms with van der Waals surface area (Å²) < 4.78 is 0. The third-order valence-corrected chi connectivity index (χ3v) is 2.93. The first-order chi connectivity index (χ1) is 4.74. The molecule has 0 heterocycles. The van der Waals surface area contributed by atoms with Crippen molar-refractivity contribution < 1.29 is 0 Å². The lowest BCUT2D eigenvalue weighted by atomic mass is 9.79. The zero-order chi connectivity index (χ0) is 7.19. The molecule has 3 atom stereocenters. The minimum atomic E-state index is -0.0284. The average Bonchev–Trinajstić information content (AvgIpc) is 2.46. The van der Waals surface area contributed by atoms with E-state index >= 15 is 0 Å². The Labute approximate surface area is 61.4 Å². The van der Waals surface area contributed by atoms with Crippen LogP contribution in [0.4, 0.5) is 0 Å². The van der Waals surface area contributed by atoms with Gasteiger partial charge in [0.15, 0.2) is 0 Å². The Hall–Kier alpha value is -0.770. The summed E-state index contributed by atoms with van der Waals surface area (Å²) in [4.78, 5) is 0. The Balaban J connectivity index is 2.33. The maximum Gasteiger partial charge on any atom is 0.0693 e. The van der Waals surface area contributed by atoms with Gasteiger partial charge in [0.1, 0.15) is 0 Å². The maximum atomic E-state index is 8.86. The van der Waals surface area contributed by atoms with Gasteiger partial charge in [-0.3, -0.25) is 0 Å². The average molecular weight is 133 g/mol. The molecule has 0 saturated heterocycles. The summed E-state index contributed by atoms with van der Waals surface area (Å²) in [5.41, 5.74) is -0.0284. The Morgan fingerprint density at radius 3 is 2.70 bits per heavy atom. The van der Waals surface area contributed by atoms with Crippen molar-refractivity contribution in [1.82, 2.24) is 0 Å². The highest BCUT2D eigenvalue weighted by molar-refractivity contribution is 5.20. The van der Waals surface area contributed by atoms with Gasteiger partial charge in [-0.2, -0.15) is 5.26 Å². The van der Waals surface area contributed by atoms with Gasteiger partial charge >= 0.3 is 0 Å². The zero-order valence-corrected chi connectivity index (χ0v) is 6.17. The Morgan fingerprint density at radius 2 is 2.40 bits per heavy atom. The third-order valence-electron chi connectivity index (χ3n) is 2.93. The minimum absolute atomic E-state index is 0.0284. The Bertz CT molecular complexity index is 223. The normalized spacial score (nSPS) is 49.6. The number of rotatable bonds is 0. The van der Waals surface area contributed by atoms with E-state index in [1.807, 2.05) is 0 Å². The number of allylic oxidation sites excluding steroid dienone is 2. The lowest BCUT2D eigenvalue weighted by Crippen LogP contribution is -2.18. The van der Waals surface area contributed by atoms with Crippen molar-refractivity contribution in [1.29, 1.82) is 5.26 Å². The minimum Gasteiger partial charge on any atom is -0.198 e. The van der Waals surface area contributed by atoms with Gasteiger partial charge in [0.05, 0.1) is 11.5 Å². The molecule has 52 valence electrons. The molecule has 0 spiro atoms. The van der Waals surface area contributed by atoms with Crippen LogP contribution < -0.4 is 0 Å². The van der Waals surface area contributed by atoms with E-state index in [4.69, 9.17) is 5.26 Å². The zero-order valence-electron chi connectivity index (χ0n) is 6.17. The number of hydrogen-bond acceptors (Lipinski definition) is 1. The summed E-state index contributed by atoms with van der Waals surface area (Å²) >= 11 is 0. The van der Waals surface area contributed by atoms with E-state index in [0.29, 0.717) is 5.92 Å². The first-order valence-corrected chi connectivity index (χ1v) is 3.84. The maximum absolute atomic E-state index is 8.86. The van der Waals surface area contributed by atoms with E-state index in [2.05, 4.69) is 25.1 Å². The van der Waals surface area contributed by atoms with Gasteiger partial charge in [0.25, 0.3) is 0 Å². The molecule has 1 heteroatoms. The highest BCUT2D eigenvalue weighted by Gasteiger charge is 2.45. The number of fused-ring (bicyclic) bond motifs is 2. The SMILES string of the molecule is C[C@@]1(C#N)C[C@H]2C=C[C@@H]1C2. The number of hydrogen-bond donors (Lipinski definition) is 0. The molecule has 2 aliphatic carbocycles. The first-order valence-electron chi connectivity index (χ1n) is 3.84. The van der Waals surface area contributed by atoms with Crippen molar-refractivity contribution >= 4 is 0 Å². The fraction of sp³-hybridized carbons (Fsp3) is 0.667. The smallest absolute Gasteiger partial charge is 0.0693 e. The molecule has 0 aromatic rings. The van der Waals surface area contributed by atoms with Gasteiger partial charge in [-0.15, -0.1) is 0 Å². The molecule has 2 bridgehead atoms. The van der Waals surface area contributed by atoms with Crippen molar-refractivity contribution in [2.45, 2.75) is 19.8 Å². The van der Waals surface area contributed by atoms with Crippen LogP contribution in [0.5, 0.6) is 0 Å². The molecule has 1 fully saturated rings. The predicted molar refractivity (Wildman–Crippen MR) is 39.1 cm³/mol. The molecule has 0 aromatic heterocycles. The van der Waals surface area contributed by atoms with Crippen LogP contribution in [0, 0.1) is 28.6 Å². The summed E-state index contributed by atoms with van der Waals surface area (Å²) in [7, 11) is 0. The third kappa shape index (κ3) is 0.568. The first kappa shape index (κ1) is 5.97. The topological polar surface area (TPSA) is 23.8 Å². The molecule has 0 amide bonds. The van der Waals surface area contributed by atoms with Gasteiger partial charge < -0.3 is 0 Å². The highest BCUT2D eigenvalue weighted by Crippen LogP contribution is 2.51. The van der Waals surface area contributed by atoms with E-state index in [-0.39, 0.29) is 5.41 Å². The highest BCUT2D eigenvalue weighted by atomic mass is 14.5. The van der Waals surface area contributed by atoms with Crippen molar-refractivity contribution in [2.75, 3.05) is 0 Å². The standard InChI is InChI=1S/C9H11N/c1-9(6-10)5-7-2-3-8(9)4-7/h2-3,7-8H,4-5H2,1H3/t7-,8+,9-/m0/s1. The summed E-state index contributed by atoms with van der Waals surface area (Å²) in [5, 5.41) is 8.86. The molecule has 2 aliphatic rings. The molecule has 0 aliphatic heterocycles. The fourth-order valence-electron chi connectivity index (χ4n) is 2.22. The molecule has 0 N–H and O–H groups in total. The summed E-state index contributed by atoms with van der Waals surface area (Å²) in [6.45, 7) is 2.08. The van der Waals surface area contributed by atoms with Crippen molar-refractivity contribution in [3.63, 3.8) is 0 Å². The van der Waals surface area contributed by atoms with Crippen LogP contribution >= 0.6 is 0 Å². The molecule has 0 aromatic carbocycles. The molecule has 1 saturated carbocycles. The van der Waals surface area contributed by atoms with Crippen LogP contribution in [0.1, 0.15) is 19.8 Å². The Morgan fingerprint density at radius 1 is 1.60 bits per heavy atom. The van der Waals surface area contributed by atoms with Crippen molar-refractivity contribution in [2.24, 2.45) is 17.3 Å². The molecule has 0 radical (unpaired) electrons. The molecule has 1 nitrogen and oxygen atoms in total. The van der Waals surface area contributed by atoms with Crippen LogP contribution in [0.25, 0.3) is 0 Å². The number of nitrogens with zero attached hydrogens (tertiary/aromatic N) is 1. The van der Waals surface area contributed by atoms with Gasteiger partial charge in [-0.1, -0.05) is 12.2 Å². The van der Waals surface area contributed by atoms with E-state index < -0.39 is 0 Å². The van der Waals surface area contributed by atoms with E-state index in [1.54, 1.807) is 0 Å². The summed E-state index contributed by atoms with van der Waals surface area (Å²) in [6.07, 6.45) is 6.80. The lowest BCUT2D eigenvalue weighted by molar-refractivity contribution is 0.367. The lowest BCUT2D eigenvalue weighted by Gasteiger charge is -2.22. The fourth-order valence-corrected chi connectivity index (χ4v) is 2.22. The molecule has 0 unspecified atom stereocenters. The monoisotopic (exact) mass is 133 g/mol. The Kier molecular flexibility index (Phi) is 0.976. The van der Waals surface area contributed by atoms with Crippen LogP contribution in [0.3, 0.4) is 0 Å². The van der Waals surface area contributed by atoms with E-state index in [1.165, 1.54) is 6.42 Å². The van der Waals surface area contributed by atoms with Gasteiger partial charge in [0.2, 0.25) is 0 Å². The van der Waals surface area contributed by atoms with Crippen LogP contribution in [-0.4, -0.2) is 0 Å². The summed E-state index contributed by atoms with van der Waals surface area (Å²) in [5.74, 6) is 1.28. The molecular formula is C9H11N. The van der Waals surface area contributed by atoms with Crippen LogP contribution in [-0.2, 0) is 0 Å². The second-order valence-electron chi connectivity index (χ2n) is 3.72. The molecular weight excluding hydrogens is 122 g/mol.